The van der Waals surface area contributed by atoms with Crippen LogP contribution in [-0.2, 0) is 0 Å². The van der Waals surface area contributed by atoms with E-state index in [1.54, 1.807) is 0 Å². The van der Waals surface area contributed by atoms with Crippen LogP contribution in [0.4, 0.5) is 0 Å². The highest BCUT2D eigenvalue weighted by Gasteiger charge is 2.24. The van der Waals surface area contributed by atoms with E-state index in [9.17, 15) is 0 Å². The normalized spacial score (nSPS) is 12.0. The van der Waals surface area contributed by atoms with Gasteiger partial charge in [-0.05, 0) is 71.1 Å². The summed E-state index contributed by atoms with van der Waals surface area (Å²) >= 11 is 1.83. The topological polar surface area (TPSA) is 35.6 Å². The summed E-state index contributed by atoms with van der Waals surface area (Å²) in [4.78, 5) is 11.0. The summed E-state index contributed by atoms with van der Waals surface area (Å²) in [5, 5.41) is 7.31. The van der Waals surface area contributed by atoms with Gasteiger partial charge >= 0.3 is 0 Å². The van der Waals surface area contributed by atoms with Crippen LogP contribution in [0, 0.1) is 0 Å². The van der Waals surface area contributed by atoms with Gasteiger partial charge in [-0.1, -0.05) is 127 Å². The monoisotopic (exact) mass is 718 g/mol. The lowest BCUT2D eigenvalue weighted by Crippen LogP contribution is -2.04. The quantitative estimate of drug-likeness (QED) is 0.182. The smallest absolute Gasteiger partial charge is 0.165 e. The van der Waals surface area contributed by atoms with E-state index < -0.39 is 0 Å². The number of aromatic nitrogens is 4. The maximum Gasteiger partial charge on any atom is 0.165 e. The van der Waals surface area contributed by atoms with Crippen molar-refractivity contribution in [2.45, 2.75) is 0 Å². The van der Waals surface area contributed by atoms with E-state index in [0.29, 0.717) is 0 Å². The maximum atomic E-state index is 5.51. The van der Waals surface area contributed by atoms with Crippen molar-refractivity contribution < 1.29 is 0 Å². The minimum atomic E-state index is 0.825. The van der Waals surface area contributed by atoms with Gasteiger partial charge < -0.3 is 4.57 Å². The summed E-state index contributed by atoms with van der Waals surface area (Å²) in [5.74, 6) is 0.825. The molecular formula is C50H30N4S. The molecule has 4 nitrogen and oxygen atoms in total. The zero-order chi connectivity index (χ0) is 36.0. The lowest BCUT2D eigenvalue weighted by Gasteiger charge is -2.16. The summed E-state index contributed by atoms with van der Waals surface area (Å²) in [7, 11) is 0. The van der Waals surface area contributed by atoms with Crippen molar-refractivity contribution in [3.63, 3.8) is 0 Å². The predicted octanol–water partition coefficient (Wildman–Crippen LogP) is 13.5. The number of para-hydroxylation sites is 3. The molecule has 0 radical (unpaired) electrons. The van der Waals surface area contributed by atoms with Crippen molar-refractivity contribution in [1.82, 2.24) is 19.1 Å². The van der Waals surface area contributed by atoms with Crippen LogP contribution in [0.3, 0.4) is 0 Å². The third-order valence-corrected chi connectivity index (χ3v) is 12.3. The van der Waals surface area contributed by atoms with E-state index in [1.807, 2.05) is 23.5 Å². The Kier molecular flexibility index (Phi) is 6.47. The van der Waals surface area contributed by atoms with Gasteiger partial charge in [0.15, 0.2) is 5.82 Å². The van der Waals surface area contributed by atoms with Gasteiger partial charge in [0, 0.05) is 47.6 Å². The molecule has 0 saturated carbocycles. The van der Waals surface area contributed by atoms with Gasteiger partial charge in [-0.2, -0.15) is 0 Å². The van der Waals surface area contributed by atoms with Gasteiger partial charge in [0.1, 0.15) is 5.69 Å². The molecule has 5 heteroatoms. The molecule has 0 spiro atoms. The second-order valence-electron chi connectivity index (χ2n) is 14.1. The summed E-state index contributed by atoms with van der Waals surface area (Å²) < 4.78 is 7.28. The summed E-state index contributed by atoms with van der Waals surface area (Å²) in [5.41, 5.74) is 11.7. The number of nitrogens with zero attached hydrogens (tertiary/aromatic N) is 4. The molecule has 0 aliphatic rings. The number of hydrogen-bond donors (Lipinski definition) is 0. The molecule has 12 rings (SSSR count). The van der Waals surface area contributed by atoms with Crippen LogP contribution in [0.15, 0.2) is 182 Å². The van der Waals surface area contributed by atoms with Gasteiger partial charge in [-0.15, -0.1) is 11.3 Å². The standard InChI is InChI=1S/C50H30N4S/c1-2-13-31(14-3-1)32-27-29-33(30-28-32)53-41-22-8-4-15-34(41)36-17-11-23-42-46(36)47-43(53)24-12-25-44(47)54(42)50-48(51-39-20-6-7-21-40(39)52-50)38-19-10-18-37-35-16-5-9-26-45(35)55-49(37)38/h1-30H. The second-order valence-corrected chi connectivity index (χ2v) is 15.2. The molecular weight excluding hydrogens is 689 g/mol. The zero-order valence-electron chi connectivity index (χ0n) is 29.5. The van der Waals surface area contributed by atoms with Crippen LogP contribution < -0.4 is 0 Å². The molecule has 0 aliphatic carbocycles. The van der Waals surface area contributed by atoms with Gasteiger partial charge in [0.05, 0.1) is 33.1 Å². The first kappa shape index (κ1) is 30.4. The molecule has 256 valence electrons. The Morgan fingerprint density at radius 1 is 0.382 bits per heavy atom. The molecule has 0 N–H and O–H groups in total. The lowest BCUT2D eigenvalue weighted by atomic mass is 10.1. The molecule has 55 heavy (non-hydrogen) atoms. The van der Waals surface area contributed by atoms with Crippen molar-refractivity contribution in [1.29, 1.82) is 0 Å². The molecule has 4 aromatic heterocycles. The van der Waals surface area contributed by atoms with E-state index >= 15 is 0 Å². The Hall–Kier alpha value is -7.08. The summed E-state index contributed by atoms with van der Waals surface area (Å²) in [6.45, 7) is 0. The fraction of sp³-hybridized carbons (Fsp3) is 0. The SMILES string of the molecule is c1ccc(-c2ccc(-n3c4ccccc4c4cccc5c4c4c3cccc4n5-c3nc4ccccc4nc3-c3cccc4c3sc3ccccc34)cc2)cc1. The Labute approximate surface area is 319 Å². The molecule has 0 atom stereocenters. The number of rotatable bonds is 4. The lowest BCUT2D eigenvalue weighted by molar-refractivity contribution is 1.08. The molecule has 0 amide bonds. The largest absolute Gasteiger partial charge is 0.309 e. The average Bonchev–Trinajstić information content (AvgIpc) is 3.77. The van der Waals surface area contributed by atoms with Crippen molar-refractivity contribution in [2.24, 2.45) is 0 Å². The summed E-state index contributed by atoms with van der Waals surface area (Å²) in [6.07, 6.45) is 0. The number of fused-ring (bicyclic) bond motifs is 6. The third kappa shape index (κ3) is 4.45. The van der Waals surface area contributed by atoms with E-state index in [0.717, 1.165) is 55.9 Å². The van der Waals surface area contributed by atoms with Gasteiger partial charge in [-0.25, -0.2) is 9.97 Å². The van der Waals surface area contributed by atoms with Crippen LogP contribution in [0.2, 0.25) is 0 Å². The first-order valence-electron chi connectivity index (χ1n) is 18.6. The average molecular weight is 719 g/mol. The van der Waals surface area contributed by atoms with Crippen LogP contribution in [0.5, 0.6) is 0 Å². The zero-order valence-corrected chi connectivity index (χ0v) is 30.3. The van der Waals surface area contributed by atoms with Gasteiger partial charge in [0.25, 0.3) is 0 Å². The van der Waals surface area contributed by atoms with Crippen LogP contribution >= 0.6 is 11.3 Å². The van der Waals surface area contributed by atoms with Crippen molar-refractivity contribution in [2.75, 3.05) is 0 Å². The first-order valence-corrected chi connectivity index (χ1v) is 19.4. The van der Waals surface area contributed by atoms with Crippen molar-refractivity contribution in [3.05, 3.63) is 182 Å². The molecule has 0 bridgehead atoms. The molecule has 4 heterocycles. The number of benzene rings is 8. The number of hydrogen-bond acceptors (Lipinski definition) is 3. The van der Waals surface area contributed by atoms with Crippen LogP contribution in [0.25, 0.3) is 109 Å². The van der Waals surface area contributed by atoms with Crippen LogP contribution in [-0.4, -0.2) is 19.1 Å². The number of thiophene rings is 1. The third-order valence-electron chi connectivity index (χ3n) is 11.1. The molecule has 12 aromatic rings. The maximum absolute atomic E-state index is 5.51. The Bertz CT molecular complexity index is 3480. The molecule has 8 aromatic carbocycles. The van der Waals surface area contributed by atoms with Gasteiger partial charge in [-0.3, -0.25) is 4.57 Å². The first-order chi connectivity index (χ1) is 27.3. The molecule has 0 unspecified atom stereocenters. The van der Waals surface area contributed by atoms with E-state index in [-0.39, 0.29) is 0 Å². The minimum absolute atomic E-state index is 0.825. The molecule has 0 saturated heterocycles. The highest BCUT2D eigenvalue weighted by Crippen LogP contribution is 2.45. The predicted molar refractivity (Wildman–Crippen MR) is 232 cm³/mol. The Morgan fingerprint density at radius 2 is 0.964 bits per heavy atom. The van der Waals surface area contributed by atoms with E-state index in [1.165, 1.54) is 52.8 Å². The second kappa shape index (κ2) is 11.7. The minimum Gasteiger partial charge on any atom is -0.309 e. The van der Waals surface area contributed by atoms with Crippen LogP contribution in [0.1, 0.15) is 0 Å². The van der Waals surface area contributed by atoms with Gasteiger partial charge in [0.2, 0.25) is 0 Å². The fourth-order valence-electron chi connectivity index (χ4n) is 8.73. The summed E-state index contributed by atoms with van der Waals surface area (Å²) in [6, 6.07) is 65.3. The van der Waals surface area contributed by atoms with Crippen molar-refractivity contribution in [3.8, 4) is 33.9 Å². The molecule has 0 aliphatic heterocycles. The highest BCUT2D eigenvalue weighted by atomic mass is 32.1. The van der Waals surface area contributed by atoms with E-state index in [2.05, 4.69) is 179 Å². The Balaban J connectivity index is 1.21. The van der Waals surface area contributed by atoms with Crippen molar-refractivity contribution >= 4 is 86.2 Å². The van der Waals surface area contributed by atoms with E-state index in [4.69, 9.17) is 9.97 Å². The fourth-order valence-corrected chi connectivity index (χ4v) is 9.94. The molecule has 0 fully saturated rings. The Morgan fingerprint density at radius 3 is 1.80 bits per heavy atom. The highest BCUT2D eigenvalue weighted by molar-refractivity contribution is 7.26.